The van der Waals surface area contributed by atoms with Gasteiger partial charge in [0.1, 0.15) is 11.9 Å². The molecule has 2 amide bonds. The Balaban J connectivity index is 1.98. The van der Waals surface area contributed by atoms with Gasteiger partial charge < -0.3 is 15.3 Å². The minimum Gasteiger partial charge on any atom is -0.481 e. The third-order valence-corrected chi connectivity index (χ3v) is 3.61. The molecule has 1 aromatic carbocycles. The number of halogens is 2. The van der Waals surface area contributed by atoms with Crippen LogP contribution in [-0.4, -0.2) is 35.5 Å². The van der Waals surface area contributed by atoms with E-state index in [0.29, 0.717) is 18.7 Å². The molecule has 1 saturated heterocycles. The first-order valence-corrected chi connectivity index (χ1v) is 7.04. The van der Waals surface area contributed by atoms with Crippen LogP contribution in [0.25, 0.3) is 0 Å². The number of anilines is 1. The number of nitrogens with one attached hydrogen (secondary N) is 1. The average molecular weight is 329 g/mol. The molecule has 1 atom stereocenters. The number of nitrogens with zero attached hydrogens (tertiary/aromatic N) is 1. The first-order chi connectivity index (χ1) is 10.4. The summed E-state index contributed by atoms with van der Waals surface area (Å²) in [5.41, 5.74) is 0.457. The smallest absolute Gasteiger partial charge is 0.303 e. The Hall–Kier alpha value is -2.15. The fourth-order valence-electron chi connectivity index (χ4n) is 2.21. The predicted molar refractivity (Wildman–Crippen MR) is 77.2 cm³/mol. The van der Waals surface area contributed by atoms with Gasteiger partial charge in [0.25, 0.3) is 0 Å². The zero-order valence-electron chi connectivity index (χ0n) is 11.5. The van der Waals surface area contributed by atoms with Crippen molar-refractivity contribution in [2.45, 2.75) is 25.3 Å². The number of hydrogen-bond acceptors (Lipinski definition) is 3. The van der Waals surface area contributed by atoms with E-state index in [-0.39, 0.29) is 23.8 Å². The molecule has 0 spiro atoms. The Morgan fingerprint density at radius 2 is 2.14 bits per heavy atom. The molecule has 0 bridgehead atoms. The third kappa shape index (κ3) is 3.73. The fourth-order valence-corrected chi connectivity index (χ4v) is 2.38. The van der Waals surface area contributed by atoms with Crippen molar-refractivity contribution in [1.82, 2.24) is 5.32 Å². The zero-order valence-corrected chi connectivity index (χ0v) is 12.3. The molecule has 118 valence electrons. The van der Waals surface area contributed by atoms with E-state index in [1.54, 1.807) is 0 Å². The second-order valence-corrected chi connectivity index (χ2v) is 5.30. The number of carbonyl (C=O) groups is 3. The van der Waals surface area contributed by atoms with Crippen molar-refractivity contribution in [3.63, 3.8) is 0 Å². The Morgan fingerprint density at radius 1 is 1.41 bits per heavy atom. The standard InChI is InChI=1S/C14H14ClFN2O4/c15-9-7-8(1-2-10(9)16)18-6-5-11(14(18)22)17-12(19)3-4-13(20)21/h1-2,7,11H,3-6H2,(H,17,19)(H,20,21). The summed E-state index contributed by atoms with van der Waals surface area (Å²) in [7, 11) is 0. The zero-order chi connectivity index (χ0) is 16.3. The highest BCUT2D eigenvalue weighted by atomic mass is 35.5. The molecule has 2 N–H and O–H groups in total. The van der Waals surface area contributed by atoms with Gasteiger partial charge in [0.2, 0.25) is 11.8 Å². The highest BCUT2D eigenvalue weighted by Crippen LogP contribution is 2.26. The summed E-state index contributed by atoms with van der Waals surface area (Å²) >= 11 is 5.69. The van der Waals surface area contributed by atoms with E-state index in [9.17, 15) is 18.8 Å². The van der Waals surface area contributed by atoms with Gasteiger partial charge in [-0.3, -0.25) is 14.4 Å². The van der Waals surface area contributed by atoms with Crippen LogP contribution in [0.1, 0.15) is 19.3 Å². The molecule has 1 aliphatic rings. The maximum atomic E-state index is 13.1. The second kappa shape index (κ2) is 6.74. The van der Waals surface area contributed by atoms with Crippen LogP contribution in [0.15, 0.2) is 18.2 Å². The van der Waals surface area contributed by atoms with Crippen molar-refractivity contribution in [2.75, 3.05) is 11.4 Å². The number of amides is 2. The van der Waals surface area contributed by atoms with Gasteiger partial charge >= 0.3 is 5.97 Å². The number of carboxylic acid groups (broad SMARTS) is 1. The molecule has 2 rings (SSSR count). The molecular formula is C14H14ClFN2O4. The second-order valence-electron chi connectivity index (χ2n) is 4.89. The van der Waals surface area contributed by atoms with Gasteiger partial charge in [-0.25, -0.2) is 4.39 Å². The largest absolute Gasteiger partial charge is 0.481 e. The topological polar surface area (TPSA) is 86.7 Å². The van der Waals surface area contributed by atoms with E-state index in [0.717, 1.165) is 0 Å². The first-order valence-electron chi connectivity index (χ1n) is 6.66. The van der Waals surface area contributed by atoms with Gasteiger partial charge in [-0.1, -0.05) is 11.6 Å². The van der Waals surface area contributed by atoms with Crippen molar-refractivity contribution in [1.29, 1.82) is 0 Å². The number of rotatable bonds is 5. The van der Waals surface area contributed by atoms with Crippen molar-refractivity contribution in [2.24, 2.45) is 0 Å². The summed E-state index contributed by atoms with van der Waals surface area (Å²) in [5.74, 6) is -2.46. The average Bonchev–Trinajstić information content (AvgIpc) is 2.81. The molecule has 8 heteroatoms. The van der Waals surface area contributed by atoms with E-state index in [1.165, 1.54) is 23.1 Å². The molecule has 0 aromatic heterocycles. The number of carboxylic acids is 1. The van der Waals surface area contributed by atoms with Gasteiger partial charge in [0.05, 0.1) is 11.4 Å². The molecule has 6 nitrogen and oxygen atoms in total. The summed E-state index contributed by atoms with van der Waals surface area (Å²) in [6.07, 6.45) is -0.0713. The van der Waals surface area contributed by atoms with Crippen LogP contribution in [0.5, 0.6) is 0 Å². The first kappa shape index (κ1) is 16.2. The summed E-state index contributed by atoms with van der Waals surface area (Å²) < 4.78 is 13.1. The SMILES string of the molecule is O=C(O)CCC(=O)NC1CCN(c2ccc(F)c(Cl)c2)C1=O. The Labute approximate surface area is 130 Å². The minimum atomic E-state index is -1.07. The quantitative estimate of drug-likeness (QED) is 0.859. The molecule has 1 fully saturated rings. The number of aliphatic carboxylic acids is 1. The van der Waals surface area contributed by atoms with E-state index >= 15 is 0 Å². The molecule has 1 aliphatic heterocycles. The summed E-state index contributed by atoms with van der Waals surface area (Å²) in [5, 5.41) is 10.9. The lowest BCUT2D eigenvalue weighted by molar-refractivity contribution is -0.139. The highest BCUT2D eigenvalue weighted by Gasteiger charge is 2.33. The van der Waals surface area contributed by atoms with Crippen LogP contribution in [0.2, 0.25) is 5.02 Å². The van der Waals surface area contributed by atoms with Gasteiger partial charge in [0, 0.05) is 18.7 Å². The van der Waals surface area contributed by atoms with Gasteiger partial charge in [-0.05, 0) is 24.6 Å². The lowest BCUT2D eigenvalue weighted by Crippen LogP contribution is -2.41. The molecule has 1 unspecified atom stereocenters. The van der Waals surface area contributed by atoms with E-state index < -0.39 is 23.7 Å². The molecule has 0 aliphatic carbocycles. The van der Waals surface area contributed by atoms with Crippen molar-refractivity contribution in [3.05, 3.63) is 29.0 Å². The van der Waals surface area contributed by atoms with E-state index in [2.05, 4.69) is 5.32 Å². The number of hydrogen-bond donors (Lipinski definition) is 2. The monoisotopic (exact) mass is 328 g/mol. The normalized spacial score (nSPS) is 17.6. The van der Waals surface area contributed by atoms with Crippen LogP contribution in [0, 0.1) is 5.82 Å². The van der Waals surface area contributed by atoms with Crippen molar-refractivity contribution < 1.29 is 23.9 Å². The molecular weight excluding hydrogens is 315 g/mol. The predicted octanol–water partition coefficient (Wildman–Crippen LogP) is 1.57. The number of carbonyl (C=O) groups excluding carboxylic acids is 2. The summed E-state index contributed by atoms with van der Waals surface area (Å²) in [6.45, 7) is 0.366. The Morgan fingerprint density at radius 3 is 2.77 bits per heavy atom. The van der Waals surface area contributed by atoms with Crippen LogP contribution in [0.3, 0.4) is 0 Å². The van der Waals surface area contributed by atoms with E-state index in [4.69, 9.17) is 16.7 Å². The molecule has 0 radical (unpaired) electrons. The summed E-state index contributed by atoms with van der Waals surface area (Å²) in [4.78, 5) is 35.6. The fraction of sp³-hybridized carbons (Fsp3) is 0.357. The van der Waals surface area contributed by atoms with Gasteiger partial charge in [-0.2, -0.15) is 0 Å². The maximum absolute atomic E-state index is 13.1. The highest BCUT2D eigenvalue weighted by molar-refractivity contribution is 6.31. The molecule has 22 heavy (non-hydrogen) atoms. The minimum absolute atomic E-state index is 0.0840. The van der Waals surface area contributed by atoms with Crippen LogP contribution in [0.4, 0.5) is 10.1 Å². The number of benzene rings is 1. The van der Waals surface area contributed by atoms with Crippen molar-refractivity contribution in [3.8, 4) is 0 Å². The molecule has 1 heterocycles. The van der Waals surface area contributed by atoms with Gasteiger partial charge in [-0.15, -0.1) is 0 Å². The summed E-state index contributed by atoms with van der Waals surface area (Å²) in [6, 6.07) is 3.26. The van der Waals surface area contributed by atoms with Gasteiger partial charge in [0.15, 0.2) is 0 Å². The van der Waals surface area contributed by atoms with Crippen LogP contribution >= 0.6 is 11.6 Å². The Bertz CT molecular complexity index is 623. The van der Waals surface area contributed by atoms with Crippen LogP contribution < -0.4 is 10.2 Å². The third-order valence-electron chi connectivity index (χ3n) is 3.32. The Kier molecular flexibility index (Phi) is 4.97. The molecule has 1 aromatic rings. The lowest BCUT2D eigenvalue weighted by Gasteiger charge is -2.17. The van der Waals surface area contributed by atoms with Crippen LogP contribution in [-0.2, 0) is 14.4 Å². The van der Waals surface area contributed by atoms with E-state index in [1.807, 2.05) is 0 Å². The lowest BCUT2D eigenvalue weighted by atomic mass is 10.2. The van der Waals surface area contributed by atoms with Crippen molar-refractivity contribution >= 4 is 35.1 Å². The maximum Gasteiger partial charge on any atom is 0.303 e. The molecule has 0 saturated carbocycles.